The number of likely N-dealkylation sites (N-methyl/N-ethyl adjacent to an activating group) is 1. The van der Waals surface area contributed by atoms with Crippen molar-refractivity contribution in [2.75, 3.05) is 20.6 Å². The molecular formula is C12H18ClNO3. The maximum atomic E-state index is 11.4. The molecule has 0 spiro atoms. The molecule has 5 heteroatoms. The van der Waals surface area contributed by atoms with Crippen LogP contribution in [0.5, 0.6) is 0 Å². The third-order valence-corrected chi connectivity index (χ3v) is 2.03. The summed E-state index contributed by atoms with van der Waals surface area (Å²) >= 11 is 0. The Morgan fingerprint density at radius 1 is 1.35 bits per heavy atom. The standard InChI is InChI=1S/C12H17NO3.ClH/c1-13(2)8-11(14)12(15)16-9-10-6-4-3-5-7-10;/h3-7,11,14H,8-9H2,1-2H3;1H. The van der Waals surface area contributed by atoms with E-state index in [0.717, 1.165) is 5.56 Å². The van der Waals surface area contributed by atoms with Gasteiger partial charge in [-0.1, -0.05) is 30.3 Å². The van der Waals surface area contributed by atoms with Gasteiger partial charge < -0.3 is 14.7 Å². The molecule has 0 aliphatic carbocycles. The minimum Gasteiger partial charge on any atom is -0.459 e. The van der Waals surface area contributed by atoms with E-state index in [1.54, 1.807) is 19.0 Å². The molecule has 17 heavy (non-hydrogen) atoms. The summed E-state index contributed by atoms with van der Waals surface area (Å²) in [5.41, 5.74) is 0.910. The van der Waals surface area contributed by atoms with Gasteiger partial charge in [-0.15, -0.1) is 12.4 Å². The molecule has 0 saturated carbocycles. The van der Waals surface area contributed by atoms with Crippen LogP contribution in [0.3, 0.4) is 0 Å². The number of carbonyl (C=O) groups excluding carboxylic acids is 1. The Morgan fingerprint density at radius 3 is 2.47 bits per heavy atom. The Balaban J connectivity index is 0.00000256. The highest BCUT2D eigenvalue weighted by atomic mass is 35.5. The number of hydrogen-bond acceptors (Lipinski definition) is 4. The van der Waals surface area contributed by atoms with Crippen LogP contribution in [0, 0.1) is 0 Å². The van der Waals surface area contributed by atoms with Crippen LogP contribution < -0.4 is 0 Å². The van der Waals surface area contributed by atoms with Crippen molar-refractivity contribution in [3.8, 4) is 0 Å². The fraction of sp³-hybridized carbons (Fsp3) is 0.417. The van der Waals surface area contributed by atoms with Crippen molar-refractivity contribution in [2.24, 2.45) is 0 Å². The molecule has 0 saturated heterocycles. The molecule has 1 unspecified atom stereocenters. The van der Waals surface area contributed by atoms with Gasteiger partial charge in [0.2, 0.25) is 0 Å². The normalized spacial score (nSPS) is 11.8. The van der Waals surface area contributed by atoms with Gasteiger partial charge in [0.05, 0.1) is 0 Å². The zero-order chi connectivity index (χ0) is 12.0. The van der Waals surface area contributed by atoms with Gasteiger partial charge in [-0.05, 0) is 19.7 Å². The SMILES string of the molecule is CN(C)CC(O)C(=O)OCc1ccccc1.Cl. The summed E-state index contributed by atoms with van der Waals surface area (Å²) in [6.45, 7) is 0.470. The average Bonchev–Trinajstić information content (AvgIpc) is 2.26. The number of halogens is 1. The Labute approximate surface area is 108 Å². The van der Waals surface area contributed by atoms with Crippen molar-refractivity contribution in [1.82, 2.24) is 4.90 Å². The van der Waals surface area contributed by atoms with E-state index in [1.807, 2.05) is 30.3 Å². The number of carbonyl (C=O) groups is 1. The highest BCUT2D eigenvalue weighted by Gasteiger charge is 2.17. The molecule has 1 N–H and O–H groups in total. The Hall–Kier alpha value is -1.10. The lowest BCUT2D eigenvalue weighted by Crippen LogP contribution is -2.33. The van der Waals surface area contributed by atoms with Crippen molar-refractivity contribution in [3.63, 3.8) is 0 Å². The summed E-state index contributed by atoms with van der Waals surface area (Å²) in [6.07, 6.45) is -1.08. The quantitative estimate of drug-likeness (QED) is 0.804. The molecule has 0 amide bonds. The Morgan fingerprint density at radius 2 is 1.94 bits per heavy atom. The largest absolute Gasteiger partial charge is 0.459 e. The van der Waals surface area contributed by atoms with Crippen LogP contribution >= 0.6 is 12.4 Å². The maximum absolute atomic E-state index is 11.4. The summed E-state index contributed by atoms with van der Waals surface area (Å²) in [7, 11) is 3.57. The number of aliphatic hydroxyl groups excluding tert-OH is 1. The van der Waals surface area contributed by atoms with Crippen LogP contribution in [-0.4, -0.2) is 42.7 Å². The number of ether oxygens (including phenoxy) is 1. The van der Waals surface area contributed by atoms with Crippen LogP contribution in [0.1, 0.15) is 5.56 Å². The second-order valence-electron chi connectivity index (χ2n) is 3.87. The molecule has 1 atom stereocenters. The number of esters is 1. The van der Waals surface area contributed by atoms with E-state index in [-0.39, 0.29) is 25.6 Å². The summed E-state index contributed by atoms with van der Waals surface area (Å²) in [5, 5.41) is 9.45. The minimum absolute atomic E-state index is 0. The first-order valence-electron chi connectivity index (χ1n) is 5.13. The first-order chi connectivity index (χ1) is 7.59. The predicted octanol–water partition coefficient (Wildman–Crippen LogP) is 1.07. The molecular weight excluding hydrogens is 242 g/mol. The van der Waals surface area contributed by atoms with Gasteiger partial charge in [0.1, 0.15) is 6.61 Å². The van der Waals surface area contributed by atoms with Crippen LogP contribution in [0.4, 0.5) is 0 Å². The van der Waals surface area contributed by atoms with E-state index in [0.29, 0.717) is 0 Å². The number of nitrogens with zero attached hydrogens (tertiary/aromatic N) is 1. The van der Waals surface area contributed by atoms with E-state index in [9.17, 15) is 9.90 Å². The lowest BCUT2D eigenvalue weighted by molar-refractivity contribution is -0.155. The molecule has 0 bridgehead atoms. The maximum Gasteiger partial charge on any atom is 0.336 e. The summed E-state index contributed by atoms with van der Waals surface area (Å²) in [5.74, 6) is -0.586. The molecule has 0 radical (unpaired) electrons. The van der Waals surface area contributed by atoms with Gasteiger partial charge in [0.25, 0.3) is 0 Å². The van der Waals surface area contributed by atoms with Gasteiger partial charge in [-0.2, -0.15) is 0 Å². The first-order valence-corrected chi connectivity index (χ1v) is 5.13. The third kappa shape index (κ3) is 6.26. The molecule has 4 nitrogen and oxygen atoms in total. The number of benzene rings is 1. The fourth-order valence-electron chi connectivity index (χ4n) is 1.25. The minimum atomic E-state index is -1.08. The topological polar surface area (TPSA) is 49.8 Å². The van der Waals surface area contributed by atoms with Crippen molar-refractivity contribution in [3.05, 3.63) is 35.9 Å². The second kappa shape index (κ2) is 8.06. The summed E-state index contributed by atoms with van der Waals surface area (Å²) in [4.78, 5) is 13.1. The second-order valence-corrected chi connectivity index (χ2v) is 3.87. The van der Waals surface area contributed by atoms with Gasteiger partial charge in [0, 0.05) is 6.54 Å². The van der Waals surface area contributed by atoms with Crippen molar-refractivity contribution >= 4 is 18.4 Å². The van der Waals surface area contributed by atoms with E-state index < -0.39 is 12.1 Å². The van der Waals surface area contributed by atoms with Crippen molar-refractivity contribution in [1.29, 1.82) is 0 Å². The highest BCUT2D eigenvalue weighted by molar-refractivity contribution is 5.85. The molecule has 1 aromatic rings. The highest BCUT2D eigenvalue weighted by Crippen LogP contribution is 2.02. The number of rotatable bonds is 5. The van der Waals surface area contributed by atoms with Gasteiger partial charge in [-0.3, -0.25) is 0 Å². The lowest BCUT2D eigenvalue weighted by atomic mass is 10.2. The smallest absolute Gasteiger partial charge is 0.336 e. The van der Waals surface area contributed by atoms with E-state index in [2.05, 4.69) is 0 Å². The van der Waals surface area contributed by atoms with Gasteiger partial charge in [0.15, 0.2) is 6.10 Å². The first kappa shape index (κ1) is 15.9. The Bertz CT molecular complexity index is 330. The molecule has 1 rings (SSSR count). The molecule has 96 valence electrons. The molecule has 0 aliphatic rings. The van der Waals surface area contributed by atoms with E-state index in [4.69, 9.17) is 4.74 Å². The Kier molecular flexibility index (Phi) is 7.54. The lowest BCUT2D eigenvalue weighted by Gasteiger charge is -2.14. The monoisotopic (exact) mass is 259 g/mol. The predicted molar refractivity (Wildman–Crippen MR) is 68.0 cm³/mol. The van der Waals surface area contributed by atoms with Crippen molar-refractivity contribution in [2.45, 2.75) is 12.7 Å². The molecule has 0 aliphatic heterocycles. The van der Waals surface area contributed by atoms with Crippen LogP contribution in [0.25, 0.3) is 0 Å². The molecule has 0 aromatic heterocycles. The van der Waals surface area contributed by atoms with Gasteiger partial charge in [-0.25, -0.2) is 4.79 Å². The number of aliphatic hydroxyl groups is 1. The molecule has 0 fully saturated rings. The zero-order valence-corrected chi connectivity index (χ0v) is 10.8. The van der Waals surface area contributed by atoms with Gasteiger partial charge >= 0.3 is 5.97 Å². The van der Waals surface area contributed by atoms with E-state index in [1.165, 1.54) is 0 Å². The molecule has 0 heterocycles. The average molecular weight is 260 g/mol. The summed E-state index contributed by atoms with van der Waals surface area (Å²) < 4.78 is 4.98. The zero-order valence-electron chi connectivity index (χ0n) is 10.00. The van der Waals surface area contributed by atoms with Crippen LogP contribution in [0.15, 0.2) is 30.3 Å². The summed E-state index contributed by atoms with van der Waals surface area (Å²) in [6, 6.07) is 9.38. The van der Waals surface area contributed by atoms with E-state index >= 15 is 0 Å². The third-order valence-electron chi connectivity index (χ3n) is 2.03. The number of hydrogen-bond donors (Lipinski definition) is 1. The van der Waals surface area contributed by atoms with Crippen molar-refractivity contribution < 1.29 is 14.6 Å². The fourth-order valence-corrected chi connectivity index (χ4v) is 1.25. The molecule has 1 aromatic carbocycles. The van der Waals surface area contributed by atoms with Crippen LogP contribution in [-0.2, 0) is 16.1 Å². The van der Waals surface area contributed by atoms with Crippen LogP contribution in [0.2, 0.25) is 0 Å².